The van der Waals surface area contributed by atoms with Crippen LogP contribution in [0.15, 0.2) is 23.5 Å². The molecule has 0 unspecified atom stereocenters. The first-order valence-electron chi connectivity index (χ1n) is 5.85. The Kier molecular flexibility index (Phi) is 3.75. The molecule has 0 aliphatic rings. The molecule has 2 rings (SSSR count). The second kappa shape index (κ2) is 5.22. The summed E-state index contributed by atoms with van der Waals surface area (Å²) >= 11 is 0. The number of rotatable bonds is 4. The highest BCUT2D eigenvalue weighted by Gasteiger charge is 2.19. The molecule has 0 amide bonds. The van der Waals surface area contributed by atoms with E-state index < -0.39 is 14.9 Å². The Bertz CT molecular complexity index is 812. The second-order valence-electron chi connectivity index (χ2n) is 4.54. The molecule has 0 aliphatic heterocycles. The van der Waals surface area contributed by atoms with Gasteiger partial charge < -0.3 is 0 Å². The number of nitro groups is 1. The molecule has 0 saturated heterocycles. The first-order valence-corrected chi connectivity index (χ1v) is 7.39. The summed E-state index contributed by atoms with van der Waals surface area (Å²) in [5.41, 5.74) is 1.33. The normalized spacial score (nSPS) is 11.6. The minimum absolute atomic E-state index is 0.00109. The number of nitrogens with two attached hydrogens (primary N) is 1. The van der Waals surface area contributed by atoms with Crippen LogP contribution in [0, 0.1) is 24.0 Å². The number of primary sulfonamides is 1. The van der Waals surface area contributed by atoms with Crippen LogP contribution in [-0.4, -0.2) is 28.1 Å². The van der Waals surface area contributed by atoms with Crippen LogP contribution in [0.1, 0.15) is 16.8 Å². The molecule has 0 fully saturated rings. The van der Waals surface area contributed by atoms with Gasteiger partial charge in [0.2, 0.25) is 10.0 Å². The van der Waals surface area contributed by atoms with Crippen LogP contribution in [0.3, 0.4) is 0 Å². The maximum absolute atomic E-state index is 11.2. The van der Waals surface area contributed by atoms with Crippen LogP contribution < -0.4 is 5.14 Å². The highest BCUT2D eigenvalue weighted by atomic mass is 32.2. The van der Waals surface area contributed by atoms with Crippen LogP contribution in [-0.2, 0) is 16.6 Å². The number of sulfonamides is 1. The molecular weight excluding hydrogens is 298 g/mol. The third-order valence-electron chi connectivity index (χ3n) is 3.01. The first-order chi connectivity index (χ1) is 9.70. The van der Waals surface area contributed by atoms with Crippen LogP contribution in [0.5, 0.6) is 0 Å². The quantitative estimate of drug-likeness (QED) is 0.645. The van der Waals surface area contributed by atoms with Crippen molar-refractivity contribution in [2.24, 2.45) is 5.14 Å². The zero-order valence-corrected chi connectivity index (χ0v) is 12.2. The van der Waals surface area contributed by atoms with Gasteiger partial charge in [-0.2, -0.15) is 5.10 Å². The van der Waals surface area contributed by atoms with Crippen molar-refractivity contribution in [3.63, 3.8) is 0 Å². The van der Waals surface area contributed by atoms with E-state index in [0.29, 0.717) is 16.8 Å². The summed E-state index contributed by atoms with van der Waals surface area (Å²) in [7, 11) is -3.82. The molecule has 21 heavy (non-hydrogen) atoms. The second-order valence-corrected chi connectivity index (χ2v) is 6.10. The molecule has 10 heteroatoms. The lowest BCUT2D eigenvalue weighted by atomic mass is 10.1. The van der Waals surface area contributed by atoms with Crippen LogP contribution in [0.25, 0.3) is 0 Å². The van der Waals surface area contributed by atoms with Gasteiger partial charge in [0.05, 0.1) is 28.9 Å². The van der Waals surface area contributed by atoms with Gasteiger partial charge in [0.15, 0.2) is 0 Å². The fourth-order valence-corrected chi connectivity index (χ4v) is 2.40. The van der Waals surface area contributed by atoms with Crippen LogP contribution in [0.2, 0.25) is 0 Å². The smallest absolute Gasteiger partial charge is 0.265 e. The fourth-order valence-electron chi connectivity index (χ4n) is 1.94. The largest absolute Gasteiger partial charge is 0.278 e. The topological polar surface area (TPSA) is 134 Å². The zero-order valence-electron chi connectivity index (χ0n) is 11.3. The minimum atomic E-state index is -3.82. The molecule has 0 radical (unpaired) electrons. The number of pyridine rings is 1. The molecule has 0 aromatic carbocycles. The summed E-state index contributed by atoms with van der Waals surface area (Å²) < 4.78 is 23.7. The number of hydrogen-bond acceptors (Lipinski definition) is 6. The molecule has 2 aromatic rings. The lowest BCUT2D eigenvalue weighted by Crippen LogP contribution is -2.11. The monoisotopic (exact) mass is 311 g/mol. The van der Waals surface area contributed by atoms with Crippen molar-refractivity contribution in [1.82, 2.24) is 14.8 Å². The Morgan fingerprint density at radius 1 is 1.38 bits per heavy atom. The Morgan fingerprint density at radius 3 is 2.57 bits per heavy atom. The number of aromatic nitrogens is 3. The maximum atomic E-state index is 11.2. The van der Waals surface area contributed by atoms with E-state index in [9.17, 15) is 18.5 Å². The van der Waals surface area contributed by atoms with Gasteiger partial charge in [-0.3, -0.25) is 19.8 Å². The Balaban J connectivity index is 2.39. The molecule has 0 atom stereocenters. The van der Waals surface area contributed by atoms with E-state index in [2.05, 4.69) is 10.1 Å². The summed E-state index contributed by atoms with van der Waals surface area (Å²) in [5.74, 6) is 0. The van der Waals surface area contributed by atoms with E-state index in [1.165, 1.54) is 17.1 Å². The van der Waals surface area contributed by atoms with E-state index >= 15 is 0 Å². The molecular formula is C11H13N5O4S. The summed E-state index contributed by atoms with van der Waals surface area (Å²) in [6.45, 7) is 3.31. The molecule has 2 N–H and O–H groups in total. The zero-order chi connectivity index (χ0) is 15.8. The van der Waals surface area contributed by atoms with E-state index in [-0.39, 0.29) is 17.1 Å². The lowest BCUT2D eigenvalue weighted by molar-refractivity contribution is -0.386. The molecule has 0 saturated carbocycles. The van der Waals surface area contributed by atoms with E-state index in [4.69, 9.17) is 5.14 Å². The van der Waals surface area contributed by atoms with Crippen molar-refractivity contribution in [1.29, 1.82) is 0 Å². The Labute approximate surface area is 120 Å². The number of aryl methyl sites for hydroxylation is 1. The highest BCUT2D eigenvalue weighted by molar-refractivity contribution is 7.89. The molecule has 9 nitrogen and oxygen atoms in total. The first kappa shape index (κ1) is 15.1. The molecule has 0 bridgehead atoms. The van der Waals surface area contributed by atoms with Crippen molar-refractivity contribution in [3.05, 3.63) is 45.5 Å². The standard InChI is InChI=1S/C11H13N5O4S/c1-7-3-13-10(8(2)11(7)16(17)18)6-15-5-9(4-14-15)21(12,19)20/h3-5H,6H2,1-2H3,(H2,12,19,20). The van der Waals surface area contributed by atoms with E-state index in [1.54, 1.807) is 13.8 Å². The average molecular weight is 311 g/mol. The van der Waals surface area contributed by atoms with Gasteiger partial charge in [0.25, 0.3) is 5.69 Å². The number of nitrogens with zero attached hydrogens (tertiary/aromatic N) is 4. The van der Waals surface area contributed by atoms with Crippen molar-refractivity contribution >= 4 is 15.7 Å². The van der Waals surface area contributed by atoms with Gasteiger partial charge in [0, 0.05) is 18.0 Å². The summed E-state index contributed by atoms with van der Waals surface area (Å²) in [4.78, 5) is 14.6. The van der Waals surface area contributed by atoms with Crippen molar-refractivity contribution in [2.45, 2.75) is 25.3 Å². The summed E-state index contributed by atoms with van der Waals surface area (Å²) in [6.07, 6.45) is 3.78. The summed E-state index contributed by atoms with van der Waals surface area (Å²) in [6, 6.07) is 0. The van der Waals surface area contributed by atoms with Crippen LogP contribution in [0.4, 0.5) is 5.69 Å². The predicted molar refractivity (Wildman–Crippen MR) is 73.1 cm³/mol. The highest BCUT2D eigenvalue weighted by Crippen LogP contribution is 2.24. The molecule has 0 spiro atoms. The Hall–Kier alpha value is -2.33. The number of hydrogen-bond donors (Lipinski definition) is 1. The van der Waals surface area contributed by atoms with Gasteiger partial charge in [0.1, 0.15) is 4.90 Å². The minimum Gasteiger partial charge on any atom is -0.265 e. The van der Waals surface area contributed by atoms with Gasteiger partial charge in [-0.15, -0.1) is 0 Å². The van der Waals surface area contributed by atoms with Crippen LogP contribution >= 0.6 is 0 Å². The molecule has 2 aromatic heterocycles. The maximum Gasteiger partial charge on any atom is 0.278 e. The van der Waals surface area contributed by atoms with E-state index in [0.717, 1.165) is 6.20 Å². The van der Waals surface area contributed by atoms with Crippen molar-refractivity contribution < 1.29 is 13.3 Å². The molecule has 0 aliphatic carbocycles. The fraction of sp³-hybridized carbons (Fsp3) is 0.273. The average Bonchev–Trinajstić information content (AvgIpc) is 2.81. The summed E-state index contributed by atoms with van der Waals surface area (Å²) in [5, 5.41) is 19.9. The third kappa shape index (κ3) is 3.06. The van der Waals surface area contributed by atoms with Gasteiger partial charge in [-0.1, -0.05) is 0 Å². The predicted octanol–water partition coefficient (Wildman–Crippen LogP) is 0.499. The van der Waals surface area contributed by atoms with Crippen molar-refractivity contribution in [3.8, 4) is 0 Å². The third-order valence-corrected chi connectivity index (χ3v) is 3.88. The van der Waals surface area contributed by atoms with Gasteiger partial charge >= 0.3 is 0 Å². The SMILES string of the molecule is Cc1cnc(Cn2cc(S(N)(=O)=O)cn2)c(C)c1[N+](=O)[O-]. The van der Waals surface area contributed by atoms with Gasteiger partial charge in [-0.05, 0) is 13.8 Å². The lowest BCUT2D eigenvalue weighted by Gasteiger charge is -2.07. The Morgan fingerprint density at radius 2 is 2.05 bits per heavy atom. The van der Waals surface area contributed by atoms with E-state index in [1.807, 2.05) is 0 Å². The van der Waals surface area contributed by atoms with Gasteiger partial charge in [-0.25, -0.2) is 13.6 Å². The van der Waals surface area contributed by atoms with Crippen molar-refractivity contribution in [2.75, 3.05) is 0 Å². The molecule has 2 heterocycles. The molecule has 112 valence electrons.